The molecular weight excluding hydrogens is 367 g/mol. The van der Waals surface area contributed by atoms with Crippen LogP contribution in [0.3, 0.4) is 0 Å². The number of hydrogen-bond donors (Lipinski definition) is 1. The summed E-state index contributed by atoms with van der Waals surface area (Å²) >= 11 is 6.31. The van der Waals surface area contributed by atoms with Crippen LogP contribution in [0, 0.1) is 12.7 Å². The van der Waals surface area contributed by atoms with Crippen LogP contribution in [0.2, 0.25) is 5.02 Å². The minimum atomic E-state index is -0.350. The SMILES string of the molecule is Cc1c(C(=O)CNCC(c2ccccc2Cl)N(C)C)oc2ccc(F)cc12. The third kappa shape index (κ3) is 4.21. The van der Waals surface area contributed by atoms with Gasteiger partial charge in [-0.3, -0.25) is 4.79 Å². The summed E-state index contributed by atoms with van der Waals surface area (Å²) < 4.78 is 19.1. The number of nitrogens with zero attached hydrogens (tertiary/aromatic N) is 1. The lowest BCUT2D eigenvalue weighted by molar-refractivity contribution is 0.0963. The Kier molecular flexibility index (Phi) is 5.95. The molecule has 0 saturated carbocycles. The topological polar surface area (TPSA) is 45.5 Å². The second-order valence-corrected chi connectivity index (χ2v) is 7.16. The lowest BCUT2D eigenvalue weighted by atomic mass is 10.1. The van der Waals surface area contributed by atoms with E-state index in [0.29, 0.717) is 28.1 Å². The lowest BCUT2D eigenvalue weighted by Gasteiger charge is -2.25. The molecular formula is C21H22ClFN2O2. The molecule has 1 heterocycles. The third-order valence-electron chi connectivity index (χ3n) is 4.66. The van der Waals surface area contributed by atoms with Gasteiger partial charge in [-0.15, -0.1) is 0 Å². The van der Waals surface area contributed by atoms with E-state index in [2.05, 4.69) is 5.32 Å². The van der Waals surface area contributed by atoms with Crippen molar-refractivity contribution in [3.05, 3.63) is 70.2 Å². The van der Waals surface area contributed by atoms with Gasteiger partial charge in [0.15, 0.2) is 5.76 Å². The average Bonchev–Trinajstić information content (AvgIpc) is 2.96. The first-order chi connectivity index (χ1) is 12.9. The normalized spacial score (nSPS) is 12.7. The summed E-state index contributed by atoms with van der Waals surface area (Å²) in [4.78, 5) is 14.6. The van der Waals surface area contributed by atoms with Gasteiger partial charge in [0, 0.05) is 28.6 Å². The molecule has 1 N–H and O–H groups in total. The molecule has 0 amide bonds. The second-order valence-electron chi connectivity index (χ2n) is 6.75. The zero-order chi connectivity index (χ0) is 19.6. The summed E-state index contributed by atoms with van der Waals surface area (Å²) in [7, 11) is 3.94. The number of Topliss-reactive ketones (excluding diaryl/α,β-unsaturated/α-hetero) is 1. The van der Waals surface area contributed by atoms with Gasteiger partial charge in [-0.25, -0.2) is 4.39 Å². The number of hydrogen-bond acceptors (Lipinski definition) is 4. The Hall–Kier alpha value is -2.21. The molecule has 4 nitrogen and oxygen atoms in total. The van der Waals surface area contributed by atoms with Crippen molar-refractivity contribution >= 4 is 28.4 Å². The summed E-state index contributed by atoms with van der Waals surface area (Å²) in [6.07, 6.45) is 0. The molecule has 27 heavy (non-hydrogen) atoms. The molecule has 0 aliphatic heterocycles. The van der Waals surface area contributed by atoms with Gasteiger partial charge < -0.3 is 14.6 Å². The molecule has 0 aliphatic carbocycles. The van der Waals surface area contributed by atoms with Crippen LogP contribution in [0.1, 0.15) is 27.7 Å². The summed E-state index contributed by atoms with van der Waals surface area (Å²) in [5, 5.41) is 4.51. The quantitative estimate of drug-likeness (QED) is 0.600. The highest BCUT2D eigenvalue weighted by atomic mass is 35.5. The van der Waals surface area contributed by atoms with E-state index in [9.17, 15) is 9.18 Å². The first-order valence-corrected chi connectivity index (χ1v) is 9.09. The summed E-state index contributed by atoms with van der Waals surface area (Å²) in [6.45, 7) is 2.44. The van der Waals surface area contributed by atoms with Gasteiger partial charge in [-0.1, -0.05) is 29.8 Å². The Labute approximate surface area is 162 Å². The van der Waals surface area contributed by atoms with Crippen LogP contribution in [-0.4, -0.2) is 37.9 Å². The zero-order valence-corrected chi connectivity index (χ0v) is 16.3. The van der Waals surface area contributed by atoms with Crippen molar-refractivity contribution in [3.63, 3.8) is 0 Å². The van der Waals surface area contributed by atoms with Crippen LogP contribution < -0.4 is 5.32 Å². The van der Waals surface area contributed by atoms with E-state index in [1.165, 1.54) is 12.1 Å². The monoisotopic (exact) mass is 388 g/mol. The van der Waals surface area contributed by atoms with Crippen molar-refractivity contribution in [2.45, 2.75) is 13.0 Å². The standard InChI is InChI=1S/C21H22ClFN2O2/c1-13-16-10-14(23)8-9-20(16)27-21(13)19(26)12-24-11-18(25(2)3)15-6-4-5-7-17(15)22/h4-10,18,24H,11-12H2,1-3H3. The van der Waals surface area contributed by atoms with Crippen LogP contribution in [0.15, 0.2) is 46.9 Å². The van der Waals surface area contributed by atoms with E-state index in [0.717, 1.165) is 5.56 Å². The minimum absolute atomic E-state index is 0.0253. The Morgan fingerprint density at radius 2 is 2.00 bits per heavy atom. The lowest BCUT2D eigenvalue weighted by Crippen LogP contribution is -2.34. The van der Waals surface area contributed by atoms with Gasteiger partial charge in [0.1, 0.15) is 11.4 Å². The maximum atomic E-state index is 13.4. The van der Waals surface area contributed by atoms with Crippen LogP contribution in [0.25, 0.3) is 11.0 Å². The third-order valence-corrected chi connectivity index (χ3v) is 5.01. The van der Waals surface area contributed by atoms with E-state index in [-0.39, 0.29) is 29.9 Å². The van der Waals surface area contributed by atoms with Gasteiger partial charge in [0.2, 0.25) is 5.78 Å². The van der Waals surface area contributed by atoms with E-state index in [4.69, 9.17) is 16.0 Å². The van der Waals surface area contributed by atoms with Gasteiger partial charge in [-0.05, 0) is 50.8 Å². The molecule has 1 aromatic heterocycles. The summed E-state index contributed by atoms with van der Waals surface area (Å²) in [5.41, 5.74) is 2.17. The number of likely N-dealkylation sites (N-methyl/N-ethyl adjacent to an activating group) is 1. The molecule has 2 aromatic carbocycles. The fourth-order valence-corrected chi connectivity index (χ4v) is 3.44. The highest BCUT2D eigenvalue weighted by Crippen LogP contribution is 2.27. The minimum Gasteiger partial charge on any atom is -0.453 e. The fourth-order valence-electron chi connectivity index (χ4n) is 3.18. The van der Waals surface area contributed by atoms with E-state index < -0.39 is 0 Å². The molecule has 6 heteroatoms. The molecule has 1 atom stereocenters. The van der Waals surface area contributed by atoms with Crippen molar-refractivity contribution in [1.82, 2.24) is 10.2 Å². The molecule has 3 aromatic rings. The van der Waals surface area contributed by atoms with Gasteiger partial charge in [0.25, 0.3) is 0 Å². The van der Waals surface area contributed by atoms with Crippen LogP contribution >= 0.6 is 11.6 Å². The van der Waals surface area contributed by atoms with E-state index in [1.54, 1.807) is 13.0 Å². The molecule has 0 saturated heterocycles. The molecule has 0 aliphatic rings. The Bertz CT molecular complexity index is 968. The zero-order valence-electron chi connectivity index (χ0n) is 15.6. The summed E-state index contributed by atoms with van der Waals surface area (Å²) in [6, 6.07) is 12.0. The summed E-state index contributed by atoms with van der Waals surface area (Å²) in [5.74, 6) is -0.250. The van der Waals surface area contributed by atoms with Crippen LogP contribution in [0.5, 0.6) is 0 Å². The van der Waals surface area contributed by atoms with Crippen molar-refractivity contribution in [3.8, 4) is 0 Å². The second kappa shape index (κ2) is 8.21. The highest BCUT2D eigenvalue weighted by Gasteiger charge is 2.20. The van der Waals surface area contributed by atoms with Gasteiger partial charge >= 0.3 is 0 Å². The number of nitrogens with one attached hydrogen (secondary N) is 1. The van der Waals surface area contributed by atoms with Crippen molar-refractivity contribution < 1.29 is 13.6 Å². The van der Waals surface area contributed by atoms with Gasteiger partial charge in [0.05, 0.1) is 6.54 Å². The first-order valence-electron chi connectivity index (χ1n) is 8.72. The molecule has 142 valence electrons. The number of rotatable bonds is 7. The van der Waals surface area contributed by atoms with E-state index >= 15 is 0 Å². The van der Waals surface area contributed by atoms with Crippen molar-refractivity contribution in [2.24, 2.45) is 0 Å². The molecule has 0 spiro atoms. The van der Waals surface area contributed by atoms with Gasteiger partial charge in [-0.2, -0.15) is 0 Å². The Morgan fingerprint density at radius 3 is 2.70 bits per heavy atom. The maximum absolute atomic E-state index is 13.4. The average molecular weight is 389 g/mol. The smallest absolute Gasteiger partial charge is 0.212 e. The predicted molar refractivity (Wildman–Crippen MR) is 106 cm³/mol. The van der Waals surface area contributed by atoms with E-state index in [1.807, 2.05) is 43.3 Å². The molecule has 0 fully saturated rings. The molecule has 0 bridgehead atoms. The number of carbonyl (C=O) groups is 1. The number of fused-ring (bicyclic) bond motifs is 1. The first kappa shape index (κ1) is 19.5. The predicted octanol–water partition coefficient (Wildman–Crippen LogP) is 4.61. The largest absolute Gasteiger partial charge is 0.453 e. The van der Waals surface area contributed by atoms with Crippen molar-refractivity contribution in [2.75, 3.05) is 27.2 Å². The van der Waals surface area contributed by atoms with Crippen molar-refractivity contribution in [1.29, 1.82) is 0 Å². The Morgan fingerprint density at radius 1 is 1.26 bits per heavy atom. The molecule has 1 unspecified atom stereocenters. The number of aryl methyl sites for hydroxylation is 1. The van der Waals surface area contributed by atoms with Crippen LogP contribution in [-0.2, 0) is 0 Å². The number of halogens is 2. The Balaban J connectivity index is 1.70. The molecule has 0 radical (unpaired) electrons. The number of benzene rings is 2. The number of carbonyl (C=O) groups excluding carboxylic acids is 1. The number of ketones is 1. The number of furan rings is 1. The fraction of sp³-hybridized carbons (Fsp3) is 0.286. The highest BCUT2D eigenvalue weighted by molar-refractivity contribution is 6.31. The van der Waals surface area contributed by atoms with Crippen LogP contribution in [0.4, 0.5) is 4.39 Å². The molecule has 3 rings (SSSR count). The maximum Gasteiger partial charge on any atom is 0.212 e.